The van der Waals surface area contributed by atoms with E-state index in [0.717, 1.165) is 17.5 Å². The largest absolute Gasteiger partial charge is 0.374 e. The second-order valence-electron chi connectivity index (χ2n) is 5.99. The lowest BCUT2D eigenvalue weighted by atomic mass is 9.77. The maximum absolute atomic E-state index is 12.6. The lowest BCUT2D eigenvalue weighted by Gasteiger charge is -2.29. The molecule has 0 spiro atoms. The molecule has 0 saturated carbocycles. The van der Waals surface area contributed by atoms with Gasteiger partial charge in [-0.3, -0.25) is 4.79 Å². The molecule has 2 atom stereocenters. The van der Waals surface area contributed by atoms with Gasteiger partial charge in [0.05, 0.1) is 0 Å². The number of nitrogens with one attached hydrogen (secondary N) is 1. The minimum Gasteiger partial charge on any atom is -0.374 e. The summed E-state index contributed by atoms with van der Waals surface area (Å²) >= 11 is 0. The zero-order chi connectivity index (χ0) is 16.4. The van der Waals surface area contributed by atoms with Crippen molar-refractivity contribution in [3.8, 4) is 0 Å². The summed E-state index contributed by atoms with van der Waals surface area (Å²) in [6, 6.07) is 15.4. The van der Waals surface area contributed by atoms with Gasteiger partial charge in [-0.05, 0) is 25.0 Å². The predicted molar refractivity (Wildman–Crippen MR) is 92.3 cm³/mol. The van der Waals surface area contributed by atoms with Crippen LogP contribution in [0.2, 0.25) is 0 Å². The normalized spacial score (nSPS) is 21.3. The quantitative estimate of drug-likeness (QED) is 0.842. The van der Waals surface area contributed by atoms with Gasteiger partial charge >= 0.3 is 0 Å². The van der Waals surface area contributed by atoms with Crippen LogP contribution in [0, 0.1) is 6.92 Å². The zero-order valence-electron chi connectivity index (χ0n) is 13.4. The van der Waals surface area contributed by atoms with Crippen LogP contribution in [0.15, 0.2) is 60.7 Å². The summed E-state index contributed by atoms with van der Waals surface area (Å²) in [5, 5.41) is 14.2. The molecule has 3 nitrogen and oxygen atoms in total. The number of aryl methyl sites for hydroxylation is 1. The molecule has 23 heavy (non-hydrogen) atoms. The van der Waals surface area contributed by atoms with Gasteiger partial charge in [0, 0.05) is 17.2 Å². The van der Waals surface area contributed by atoms with Gasteiger partial charge in [0.25, 0.3) is 5.91 Å². The number of rotatable bonds is 4. The summed E-state index contributed by atoms with van der Waals surface area (Å²) in [5.41, 5.74) is 1.69. The number of carbonyl (C=O) groups excluding carboxylic acids is 1. The van der Waals surface area contributed by atoms with Crippen molar-refractivity contribution in [1.29, 1.82) is 0 Å². The van der Waals surface area contributed by atoms with E-state index in [9.17, 15) is 9.90 Å². The molecule has 1 heterocycles. The van der Waals surface area contributed by atoms with Crippen LogP contribution < -0.4 is 5.32 Å². The minimum absolute atomic E-state index is 0.368. The molecule has 0 saturated heterocycles. The fraction of sp³-hybridized carbons (Fsp3) is 0.250. The Morgan fingerprint density at radius 3 is 2.65 bits per heavy atom. The monoisotopic (exact) mass is 307 g/mol. The van der Waals surface area contributed by atoms with Gasteiger partial charge < -0.3 is 10.4 Å². The number of anilines is 1. The van der Waals surface area contributed by atoms with Crippen LogP contribution in [-0.2, 0) is 10.4 Å². The van der Waals surface area contributed by atoms with Gasteiger partial charge in [0.15, 0.2) is 5.60 Å². The summed E-state index contributed by atoms with van der Waals surface area (Å²) in [5.74, 6) is -0.792. The molecule has 118 valence electrons. The average molecular weight is 307 g/mol. The molecule has 2 N–H and O–H groups in total. The first kappa shape index (κ1) is 15.5. The number of aliphatic hydroxyl groups is 1. The summed E-state index contributed by atoms with van der Waals surface area (Å²) in [6.45, 7) is 4.00. The number of hydrogen-bond donors (Lipinski definition) is 2. The SMILES string of the molecule is CC/C=C/[C@@H](c1ccccc1)[C@]1(O)C(=O)Nc2ccc(C)cc21. The maximum atomic E-state index is 12.6. The number of hydrogen-bond acceptors (Lipinski definition) is 2. The van der Waals surface area contributed by atoms with Crippen LogP contribution in [0.1, 0.15) is 36.0 Å². The molecule has 0 bridgehead atoms. The summed E-state index contributed by atoms with van der Waals surface area (Å²) < 4.78 is 0. The van der Waals surface area contributed by atoms with Crippen molar-refractivity contribution in [3.63, 3.8) is 0 Å². The first-order chi connectivity index (χ1) is 11.1. The Hall–Kier alpha value is -2.39. The highest BCUT2D eigenvalue weighted by Crippen LogP contribution is 2.46. The predicted octanol–water partition coefficient (Wildman–Crippen LogP) is 3.88. The molecule has 0 aliphatic carbocycles. The zero-order valence-corrected chi connectivity index (χ0v) is 13.4. The molecule has 2 aromatic carbocycles. The minimum atomic E-state index is -1.59. The third-order valence-electron chi connectivity index (χ3n) is 4.35. The maximum Gasteiger partial charge on any atom is 0.262 e. The first-order valence-electron chi connectivity index (χ1n) is 7.94. The molecule has 1 amide bonds. The fourth-order valence-electron chi connectivity index (χ4n) is 3.16. The van der Waals surface area contributed by atoms with Crippen molar-refractivity contribution < 1.29 is 9.90 Å². The highest BCUT2D eigenvalue weighted by atomic mass is 16.3. The topological polar surface area (TPSA) is 49.3 Å². The smallest absolute Gasteiger partial charge is 0.262 e. The van der Waals surface area contributed by atoms with E-state index in [1.807, 2.05) is 74.5 Å². The molecule has 2 aromatic rings. The van der Waals surface area contributed by atoms with Crippen molar-refractivity contribution in [3.05, 3.63) is 77.4 Å². The van der Waals surface area contributed by atoms with Gasteiger partial charge in [-0.25, -0.2) is 0 Å². The Labute approximate surface area is 136 Å². The van der Waals surface area contributed by atoms with Crippen molar-refractivity contribution in [2.45, 2.75) is 31.8 Å². The highest BCUT2D eigenvalue weighted by Gasteiger charge is 2.50. The van der Waals surface area contributed by atoms with E-state index in [0.29, 0.717) is 11.3 Å². The molecule has 1 aliphatic heterocycles. The van der Waals surface area contributed by atoms with E-state index in [1.54, 1.807) is 0 Å². The lowest BCUT2D eigenvalue weighted by Crippen LogP contribution is -2.39. The first-order valence-corrected chi connectivity index (χ1v) is 7.94. The summed E-state index contributed by atoms with van der Waals surface area (Å²) in [4.78, 5) is 12.6. The third-order valence-corrected chi connectivity index (χ3v) is 4.35. The molecule has 0 aromatic heterocycles. The second-order valence-corrected chi connectivity index (χ2v) is 5.99. The van der Waals surface area contributed by atoms with Crippen LogP contribution in [0.5, 0.6) is 0 Å². The van der Waals surface area contributed by atoms with Crippen LogP contribution in [-0.4, -0.2) is 11.0 Å². The molecule has 0 radical (unpaired) electrons. The molecule has 1 aliphatic rings. The molecular weight excluding hydrogens is 286 g/mol. The Kier molecular flexibility index (Phi) is 4.05. The van der Waals surface area contributed by atoms with Crippen molar-refractivity contribution in [2.75, 3.05) is 5.32 Å². The number of carbonyl (C=O) groups is 1. The van der Waals surface area contributed by atoms with E-state index < -0.39 is 11.5 Å². The summed E-state index contributed by atoms with van der Waals surface area (Å²) in [6.07, 6.45) is 4.78. The van der Waals surface area contributed by atoms with Crippen LogP contribution >= 0.6 is 0 Å². The van der Waals surface area contributed by atoms with Gasteiger partial charge in [-0.1, -0.05) is 67.1 Å². The Morgan fingerprint density at radius 1 is 1.22 bits per heavy atom. The van der Waals surface area contributed by atoms with Gasteiger partial charge in [-0.15, -0.1) is 0 Å². The van der Waals surface area contributed by atoms with Crippen LogP contribution in [0.3, 0.4) is 0 Å². The van der Waals surface area contributed by atoms with E-state index in [2.05, 4.69) is 5.32 Å². The van der Waals surface area contributed by atoms with Crippen LogP contribution in [0.25, 0.3) is 0 Å². The van der Waals surface area contributed by atoms with Crippen LogP contribution in [0.4, 0.5) is 5.69 Å². The van der Waals surface area contributed by atoms with E-state index in [4.69, 9.17) is 0 Å². The Bertz CT molecular complexity index is 751. The summed E-state index contributed by atoms with van der Waals surface area (Å²) in [7, 11) is 0. The highest BCUT2D eigenvalue weighted by molar-refractivity contribution is 6.06. The number of benzene rings is 2. The molecule has 0 unspecified atom stereocenters. The van der Waals surface area contributed by atoms with Crippen molar-refractivity contribution in [2.24, 2.45) is 0 Å². The van der Waals surface area contributed by atoms with Crippen molar-refractivity contribution >= 4 is 11.6 Å². The Morgan fingerprint density at radius 2 is 1.96 bits per heavy atom. The number of allylic oxidation sites excluding steroid dienone is 1. The Balaban J connectivity index is 2.17. The average Bonchev–Trinajstić information content (AvgIpc) is 2.81. The molecule has 3 rings (SSSR count). The molecular formula is C20H21NO2. The second kappa shape index (κ2) is 6.01. The van der Waals surface area contributed by atoms with E-state index in [1.165, 1.54) is 0 Å². The van der Waals surface area contributed by atoms with Gasteiger partial charge in [0.1, 0.15) is 0 Å². The molecule has 3 heteroatoms. The lowest BCUT2D eigenvalue weighted by molar-refractivity contribution is -0.134. The number of fused-ring (bicyclic) bond motifs is 1. The fourth-order valence-corrected chi connectivity index (χ4v) is 3.16. The van der Waals surface area contributed by atoms with Crippen molar-refractivity contribution in [1.82, 2.24) is 0 Å². The standard InChI is InChI=1S/C20H21NO2/c1-3-4-10-16(15-8-6-5-7-9-15)20(23)17-13-14(2)11-12-18(17)21-19(20)22/h4-13,16,23H,3H2,1-2H3,(H,21,22)/b10-4+/t16-,20+/m0/s1. The van der Waals surface area contributed by atoms with E-state index >= 15 is 0 Å². The molecule has 0 fully saturated rings. The van der Waals surface area contributed by atoms with Gasteiger partial charge in [0.2, 0.25) is 0 Å². The third kappa shape index (κ3) is 2.57. The van der Waals surface area contributed by atoms with E-state index in [-0.39, 0.29) is 5.91 Å². The van der Waals surface area contributed by atoms with Gasteiger partial charge in [-0.2, -0.15) is 0 Å². The number of amides is 1.